The SMILES string of the molecule is CSc1ccc([N+](=O)[O-])c(C(=O)N2CC(C)OC(C)C2)c1. The van der Waals surface area contributed by atoms with Gasteiger partial charge in [0.15, 0.2) is 0 Å². The molecule has 1 fully saturated rings. The largest absolute Gasteiger partial charge is 0.372 e. The minimum Gasteiger partial charge on any atom is -0.372 e. The zero-order chi connectivity index (χ0) is 15.6. The number of hydrogen-bond donors (Lipinski definition) is 0. The number of nitro groups is 1. The van der Waals surface area contributed by atoms with Crippen molar-refractivity contribution in [3.63, 3.8) is 0 Å². The Kier molecular flexibility index (Phi) is 4.84. The average molecular weight is 310 g/mol. The Bertz CT molecular complexity index is 554. The van der Waals surface area contributed by atoms with Gasteiger partial charge in [-0.1, -0.05) is 0 Å². The number of nitrogens with zero attached hydrogens (tertiary/aromatic N) is 2. The van der Waals surface area contributed by atoms with E-state index < -0.39 is 4.92 Å². The van der Waals surface area contributed by atoms with Crippen LogP contribution in [0, 0.1) is 10.1 Å². The molecule has 1 aromatic carbocycles. The van der Waals surface area contributed by atoms with Crippen LogP contribution in [-0.4, -0.2) is 47.3 Å². The van der Waals surface area contributed by atoms with Crippen LogP contribution in [0.1, 0.15) is 24.2 Å². The predicted octanol–water partition coefficient (Wildman–Crippen LogP) is 2.57. The Labute approximate surface area is 127 Å². The van der Waals surface area contributed by atoms with Gasteiger partial charge in [-0.05, 0) is 32.2 Å². The van der Waals surface area contributed by atoms with Crippen molar-refractivity contribution >= 4 is 23.4 Å². The lowest BCUT2D eigenvalue weighted by atomic mass is 10.1. The van der Waals surface area contributed by atoms with E-state index in [-0.39, 0.29) is 29.4 Å². The van der Waals surface area contributed by atoms with Crippen LogP contribution >= 0.6 is 11.8 Å². The summed E-state index contributed by atoms with van der Waals surface area (Å²) in [5.41, 5.74) is -0.00209. The van der Waals surface area contributed by atoms with Crippen LogP contribution in [0.15, 0.2) is 23.1 Å². The Morgan fingerprint density at radius 2 is 2.00 bits per heavy atom. The van der Waals surface area contributed by atoms with E-state index in [9.17, 15) is 14.9 Å². The second-order valence-electron chi connectivity index (χ2n) is 5.11. The molecule has 1 heterocycles. The van der Waals surface area contributed by atoms with Gasteiger partial charge in [0.2, 0.25) is 0 Å². The fourth-order valence-electron chi connectivity index (χ4n) is 2.49. The summed E-state index contributed by atoms with van der Waals surface area (Å²) in [6.45, 7) is 4.68. The molecule has 2 atom stereocenters. The molecule has 0 N–H and O–H groups in total. The van der Waals surface area contributed by atoms with E-state index in [1.54, 1.807) is 17.0 Å². The third-order valence-corrected chi connectivity index (χ3v) is 4.06. The van der Waals surface area contributed by atoms with Crippen LogP contribution in [0.5, 0.6) is 0 Å². The average Bonchev–Trinajstić information content (AvgIpc) is 2.44. The number of thioether (sulfide) groups is 1. The monoisotopic (exact) mass is 310 g/mol. The van der Waals surface area contributed by atoms with Crippen molar-refractivity contribution in [2.45, 2.75) is 31.0 Å². The normalized spacial score (nSPS) is 22.1. The molecule has 1 aliphatic heterocycles. The number of benzene rings is 1. The third kappa shape index (κ3) is 3.54. The van der Waals surface area contributed by atoms with E-state index in [0.29, 0.717) is 13.1 Å². The molecule has 0 spiro atoms. The highest BCUT2D eigenvalue weighted by Gasteiger charge is 2.30. The highest BCUT2D eigenvalue weighted by molar-refractivity contribution is 7.98. The van der Waals surface area contributed by atoms with Gasteiger partial charge in [0.05, 0.1) is 17.1 Å². The molecular weight excluding hydrogens is 292 g/mol. The molecule has 0 saturated carbocycles. The fraction of sp³-hybridized carbons (Fsp3) is 0.500. The van der Waals surface area contributed by atoms with E-state index >= 15 is 0 Å². The number of rotatable bonds is 3. The van der Waals surface area contributed by atoms with Crippen molar-refractivity contribution < 1.29 is 14.5 Å². The lowest BCUT2D eigenvalue weighted by molar-refractivity contribution is -0.385. The van der Waals surface area contributed by atoms with Gasteiger partial charge in [-0.2, -0.15) is 0 Å². The molecule has 7 heteroatoms. The summed E-state index contributed by atoms with van der Waals surface area (Å²) in [4.78, 5) is 25.7. The summed E-state index contributed by atoms with van der Waals surface area (Å²) in [5, 5.41) is 11.1. The minimum absolute atomic E-state index is 0.0690. The van der Waals surface area contributed by atoms with Crippen molar-refractivity contribution in [1.82, 2.24) is 4.90 Å². The molecule has 2 unspecified atom stereocenters. The number of nitro benzene ring substituents is 1. The zero-order valence-corrected chi connectivity index (χ0v) is 13.1. The van der Waals surface area contributed by atoms with Gasteiger partial charge >= 0.3 is 0 Å². The second kappa shape index (κ2) is 6.44. The maximum absolute atomic E-state index is 12.6. The van der Waals surface area contributed by atoms with Crippen molar-refractivity contribution in [3.05, 3.63) is 33.9 Å². The van der Waals surface area contributed by atoms with Gasteiger partial charge in [0.25, 0.3) is 11.6 Å². The summed E-state index contributed by atoms with van der Waals surface area (Å²) in [7, 11) is 0. The molecule has 6 nitrogen and oxygen atoms in total. The molecule has 21 heavy (non-hydrogen) atoms. The van der Waals surface area contributed by atoms with Crippen molar-refractivity contribution in [1.29, 1.82) is 0 Å². The maximum Gasteiger partial charge on any atom is 0.282 e. The maximum atomic E-state index is 12.6. The Hall–Kier alpha value is -1.60. The predicted molar refractivity (Wildman–Crippen MR) is 80.8 cm³/mol. The molecule has 0 radical (unpaired) electrons. The molecule has 1 amide bonds. The zero-order valence-electron chi connectivity index (χ0n) is 12.2. The molecular formula is C14H18N2O4S. The summed E-state index contributed by atoms with van der Waals surface area (Å²) >= 11 is 1.45. The Balaban J connectivity index is 2.35. The van der Waals surface area contributed by atoms with Gasteiger partial charge < -0.3 is 9.64 Å². The van der Waals surface area contributed by atoms with E-state index in [4.69, 9.17) is 4.74 Å². The van der Waals surface area contributed by atoms with Crippen LogP contribution in [-0.2, 0) is 4.74 Å². The summed E-state index contributed by atoms with van der Waals surface area (Å²) in [6.07, 6.45) is 1.73. The molecule has 1 aliphatic rings. The van der Waals surface area contributed by atoms with Crippen molar-refractivity contribution in [2.75, 3.05) is 19.3 Å². The number of ether oxygens (including phenoxy) is 1. The lowest BCUT2D eigenvalue weighted by Gasteiger charge is -2.35. The minimum atomic E-state index is -0.509. The van der Waals surface area contributed by atoms with Crippen LogP contribution < -0.4 is 0 Å². The first-order valence-corrected chi connectivity index (χ1v) is 7.92. The smallest absolute Gasteiger partial charge is 0.282 e. The summed E-state index contributed by atoms with van der Waals surface area (Å²) < 4.78 is 5.59. The second-order valence-corrected chi connectivity index (χ2v) is 5.99. The Morgan fingerprint density at radius 1 is 1.38 bits per heavy atom. The van der Waals surface area contributed by atoms with Crippen LogP contribution in [0.2, 0.25) is 0 Å². The number of carbonyl (C=O) groups is 1. The van der Waals surface area contributed by atoms with Gasteiger partial charge in [-0.15, -0.1) is 11.8 Å². The van der Waals surface area contributed by atoms with Gasteiger partial charge in [0, 0.05) is 24.1 Å². The quantitative estimate of drug-likeness (QED) is 0.487. The van der Waals surface area contributed by atoms with Gasteiger partial charge in [-0.3, -0.25) is 14.9 Å². The Morgan fingerprint density at radius 3 is 2.52 bits per heavy atom. The highest BCUT2D eigenvalue weighted by Crippen LogP contribution is 2.27. The van der Waals surface area contributed by atoms with Crippen molar-refractivity contribution in [2.24, 2.45) is 0 Å². The topological polar surface area (TPSA) is 72.7 Å². The van der Waals surface area contributed by atoms with E-state index in [0.717, 1.165) is 4.90 Å². The standard InChI is InChI=1S/C14H18N2O4S/c1-9-7-15(8-10(2)20-9)14(17)12-6-11(21-3)4-5-13(12)16(18)19/h4-6,9-10H,7-8H2,1-3H3. The van der Waals surface area contributed by atoms with E-state index in [1.807, 2.05) is 20.1 Å². The van der Waals surface area contributed by atoms with Gasteiger partial charge in [-0.25, -0.2) is 0 Å². The first-order valence-electron chi connectivity index (χ1n) is 6.69. The molecule has 0 bridgehead atoms. The van der Waals surface area contributed by atoms with Gasteiger partial charge in [0.1, 0.15) is 5.56 Å². The number of carbonyl (C=O) groups excluding carboxylic acids is 1. The molecule has 0 aliphatic carbocycles. The molecule has 1 aromatic rings. The number of hydrogen-bond acceptors (Lipinski definition) is 5. The lowest BCUT2D eigenvalue weighted by Crippen LogP contribution is -2.48. The van der Waals surface area contributed by atoms with Crippen LogP contribution in [0.3, 0.4) is 0 Å². The molecule has 114 valence electrons. The third-order valence-electron chi connectivity index (χ3n) is 3.34. The fourth-order valence-corrected chi connectivity index (χ4v) is 2.93. The number of morpholine rings is 1. The van der Waals surface area contributed by atoms with E-state index in [1.165, 1.54) is 17.8 Å². The van der Waals surface area contributed by atoms with E-state index in [2.05, 4.69) is 0 Å². The molecule has 0 aromatic heterocycles. The molecule has 1 saturated heterocycles. The summed E-state index contributed by atoms with van der Waals surface area (Å²) in [6, 6.07) is 4.65. The summed E-state index contributed by atoms with van der Waals surface area (Å²) in [5.74, 6) is -0.306. The van der Waals surface area contributed by atoms with Crippen LogP contribution in [0.4, 0.5) is 5.69 Å². The highest BCUT2D eigenvalue weighted by atomic mass is 32.2. The van der Waals surface area contributed by atoms with Crippen LogP contribution in [0.25, 0.3) is 0 Å². The number of amides is 1. The molecule has 2 rings (SSSR count). The first-order chi connectivity index (χ1) is 9.92. The first kappa shape index (κ1) is 15.8. The van der Waals surface area contributed by atoms with Crippen molar-refractivity contribution in [3.8, 4) is 0 Å².